The molecule has 0 radical (unpaired) electrons. The van der Waals surface area contributed by atoms with Gasteiger partial charge in [0.1, 0.15) is 5.58 Å². The van der Waals surface area contributed by atoms with Crippen LogP contribution in [0.15, 0.2) is 28.7 Å². The lowest BCUT2D eigenvalue weighted by Gasteiger charge is -2.21. The quantitative estimate of drug-likeness (QED) is 0.906. The number of aromatic carboxylic acids is 1. The molecule has 22 heavy (non-hydrogen) atoms. The third-order valence-electron chi connectivity index (χ3n) is 3.70. The molecule has 1 aromatic carbocycles. The summed E-state index contributed by atoms with van der Waals surface area (Å²) >= 11 is 0. The van der Waals surface area contributed by atoms with Crippen molar-refractivity contribution in [3.8, 4) is 0 Å². The molecule has 2 N–H and O–H groups in total. The average Bonchev–Trinajstić information content (AvgIpc) is 2.91. The van der Waals surface area contributed by atoms with Crippen LogP contribution in [-0.2, 0) is 9.53 Å². The summed E-state index contributed by atoms with van der Waals surface area (Å²) in [4.78, 5) is 22.9. The minimum absolute atomic E-state index is 0.00924. The lowest BCUT2D eigenvalue weighted by Crippen LogP contribution is -2.25. The van der Waals surface area contributed by atoms with Crippen LogP contribution in [0.4, 0.5) is 5.69 Å². The highest BCUT2D eigenvalue weighted by Crippen LogP contribution is 2.24. The molecular formula is C16H17NO5. The number of ether oxygens (including phenoxy) is 1. The minimum atomic E-state index is -1.11. The van der Waals surface area contributed by atoms with Crippen LogP contribution in [0.25, 0.3) is 11.0 Å². The Morgan fingerprint density at radius 1 is 1.27 bits per heavy atom. The van der Waals surface area contributed by atoms with E-state index < -0.39 is 5.97 Å². The van der Waals surface area contributed by atoms with Gasteiger partial charge in [0.25, 0.3) is 0 Å². The van der Waals surface area contributed by atoms with Crippen molar-refractivity contribution in [3.05, 3.63) is 30.0 Å². The van der Waals surface area contributed by atoms with Crippen LogP contribution in [-0.4, -0.2) is 29.7 Å². The van der Waals surface area contributed by atoms with Crippen LogP contribution in [0.3, 0.4) is 0 Å². The Morgan fingerprint density at radius 2 is 2.14 bits per heavy atom. The maximum absolute atomic E-state index is 12.0. The zero-order valence-electron chi connectivity index (χ0n) is 12.0. The summed E-state index contributed by atoms with van der Waals surface area (Å²) in [6.07, 6.45) is 3.39. The van der Waals surface area contributed by atoms with E-state index in [0.29, 0.717) is 23.1 Å². The highest BCUT2D eigenvalue weighted by molar-refractivity contribution is 5.96. The Morgan fingerprint density at radius 3 is 2.86 bits per heavy atom. The number of carbonyl (C=O) groups excluding carboxylic acids is 1. The zero-order chi connectivity index (χ0) is 15.5. The molecule has 1 aliphatic rings. The molecule has 1 unspecified atom stereocenters. The van der Waals surface area contributed by atoms with Gasteiger partial charge in [0.15, 0.2) is 0 Å². The fraction of sp³-hybridized carbons (Fsp3) is 0.375. The van der Waals surface area contributed by atoms with E-state index in [1.807, 2.05) is 0 Å². The summed E-state index contributed by atoms with van der Waals surface area (Å²) in [5, 5.41) is 12.4. The van der Waals surface area contributed by atoms with E-state index in [0.717, 1.165) is 25.9 Å². The molecule has 1 saturated heterocycles. The highest BCUT2D eigenvalue weighted by Gasteiger charge is 2.18. The molecule has 0 spiro atoms. The van der Waals surface area contributed by atoms with Crippen molar-refractivity contribution in [2.24, 2.45) is 0 Å². The average molecular weight is 303 g/mol. The standard InChI is InChI=1S/C16H17NO5/c18-15(9-12-3-1-2-6-21-12)17-11-4-5-13-10(7-11)8-14(22-13)16(19)20/h4-5,7-8,12H,1-3,6,9H2,(H,17,18)(H,19,20). The molecule has 0 saturated carbocycles. The van der Waals surface area contributed by atoms with E-state index >= 15 is 0 Å². The zero-order valence-corrected chi connectivity index (χ0v) is 12.0. The van der Waals surface area contributed by atoms with Gasteiger partial charge >= 0.3 is 5.97 Å². The smallest absolute Gasteiger partial charge is 0.371 e. The second kappa shape index (κ2) is 6.19. The van der Waals surface area contributed by atoms with E-state index in [1.54, 1.807) is 18.2 Å². The second-order valence-electron chi connectivity index (χ2n) is 5.41. The lowest BCUT2D eigenvalue weighted by molar-refractivity contribution is -0.119. The lowest BCUT2D eigenvalue weighted by atomic mass is 10.1. The van der Waals surface area contributed by atoms with Crippen molar-refractivity contribution in [2.75, 3.05) is 11.9 Å². The minimum Gasteiger partial charge on any atom is -0.475 e. The van der Waals surface area contributed by atoms with Crippen LogP contribution in [0.5, 0.6) is 0 Å². The van der Waals surface area contributed by atoms with Crippen molar-refractivity contribution in [1.29, 1.82) is 0 Å². The fourth-order valence-electron chi connectivity index (χ4n) is 2.61. The van der Waals surface area contributed by atoms with Crippen molar-refractivity contribution in [3.63, 3.8) is 0 Å². The van der Waals surface area contributed by atoms with Gasteiger partial charge in [-0.25, -0.2) is 4.79 Å². The Balaban J connectivity index is 1.67. The first-order valence-corrected chi connectivity index (χ1v) is 7.30. The number of benzene rings is 1. The fourth-order valence-corrected chi connectivity index (χ4v) is 2.61. The molecule has 0 bridgehead atoms. The first-order chi connectivity index (χ1) is 10.6. The van der Waals surface area contributed by atoms with Crippen LogP contribution >= 0.6 is 0 Å². The van der Waals surface area contributed by atoms with Gasteiger partial charge in [-0.05, 0) is 43.5 Å². The maximum Gasteiger partial charge on any atom is 0.371 e. The predicted octanol–water partition coefficient (Wildman–Crippen LogP) is 3.03. The summed E-state index contributed by atoms with van der Waals surface area (Å²) < 4.78 is 10.7. The van der Waals surface area contributed by atoms with Crippen LogP contribution in [0.1, 0.15) is 36.2 Å². The summed E-state index contributed by atoms with van der Waals surface area (Å²) in [5.74, 6) is -1.33. The van der Waals surface area contributed by atoms with Gasteiger partial charge in [-0.15, -0.1) is 0 Å². The third kappa shape index (κ3) is 3.28. The molecule has 6 nitrogen and oxygen atoms in total. The van der Waals surface area contributed by atoms with E-state index in [-0.39, 0.29) is 17.8 Å². The number of nitrogens with one attached hydrogen (secondary N) is 1. The number of anilines is 1. The number of amides is 1. The Hall–Kier alpha value is -2.34. The van der Waals surface area contributed by atoms with Gasteiger partial charge in [0, 0.05) is 17.7 Å². The molecule has 1 fully saturated rings. The number of hydrogen-bond acceptors (Lipinski definition) is 4. The molecule has 1 amide bonds. The molecule has 2 aromatic rings. The molecular weight excluding hydrogens is 286 g/mol. The number of carboxylic acids is 1. The maximum atomic E-state index is 12.0. The third-order valence-corrected chi connectivity index (χ3v) is 3.70. The first kappa shape index (κ1) is 14.6. The summed E-state index contributed by atoms with van der Waals surface area (Å²) in [6.45, 7) is 0.719. The molecule has 0 aliphatic carbocycles. The van der Waals surface area contributed by atoms with Gasteiger partial charge in [0.2, 0.25) is 11.7 Å². The number of carboxylic acid groups (broad SMARTS) is 1. The predicted molar refractivity (Wildman–Crippen MR) is 80.0 cm³/mol. The van der Waals surface area contributed by atoms with Gasteiger partial charge in [0.05, 0.1) is 12.5 Å². The van der Waals surface area contributed by atoms with E-state index in [1.165, 1.54) is 6.07 Å². The van der Waals surface area contributed by atoms with Crippen molar-refractivity contribution in [2.45, 2.75) is 31.8 Å². The second-order valence-corrected chi connectivity index (χ2v) is 5.41. The number of rotatable bonds is 4. The molecule has 1 atom stereocenters. The van der Waals surface area contributed by atoms with Crippen LogP contribution < -0.4 is 5.32 Å². The van der Waals surface area contributed by atoms with Crippen molar-refractivity contribution in [1.82, 2.24) is 0 Å². The van der Waals surface area contributed by atoms with Crippen molar-refractivity contribution < 1.29 is 23.8 Å². The van der Waals surface area contributed by atoms with E-state index in [9.17, 15) is 9.59 Å². The van der Waals surface area contributed by atoms with Gasteiger partial charge < -0.3 is 19.6 Å². The first-order valence-electron chi connectivity index (χ1n) is 7.30. The largest absolute Gasteiger partial charge is 0.475 e. The molecule has 1 aliphatic heterocycles. The Labute approximate surface area is 127 Å². The van der Waals surface area contributed by atoms with Gasteiger partial charge in [-0.3, -0.25) is 4.79 Å². The molecule has 116 valence electrons. The number of furan rings is 1. The molecule has 2 heterocycles. The Bertz CT molecular complexity index is 700. The SMILES string of the molecule is O=C(CC1CCCCO1)Nc1ccc2oc(C(=O)O)cc2c1. The molecule has 6 heteroatoms. The highest BCUT2D eigenvalue weighted by atomic mass is 16.5. The van der Waals surface area contributed by atoms with Crippen molar-refractivity contribution >= 4 is 28.5 Å². The topological polar surface area (TPSA) is 88.8 Å². The normalized spacial score (nSPS) is 18.3. The monoisotopic (exact) mass is 303 g/mol. The molecule has 1 aromatic heterocycles. The van der Waals surface area contributed by atoms with Gasteiger partial charge in [-0.2, -0.15) is 0 Å². The van der Waals surface area contributed by atoms with E-state index in [2.05, 4.69) is 5.32 Å². The Kier molecular flexibility index (Phi) is 4.11. The summed E-state index contributed by atoms with van der Waals surface area (Å²) in [5.41, 5.74) is 1.09. The number of carbonyl (C=O) groups is 2. The summed E-state index contributed by atoms with van der Waals surface area (Å²) in [6, 6.07) is 6.48. The summed E-state index contributed by atoms with van der Waals surface area (Å²) in [7, 11) is 0. The van der Waals surface area contributed by atoms with Crippen LogP contribution in [0.2, 0.25) is 0 Å². The number of hydrogen-bond donors (Lipinski definition) is 2. The number of fused-ring (bicyclic) bond motifs is 1. The van der Waals surface area contributed by atoms with Gasteiger partial charge in [-0.1, -0.05) is 0 Å². The van der Waals surface area contributed by atoms with E-state index in [4.69, 9.17) is 14.3 Å². The van der Waals surface area contributed by atoms with Crippen LogP contribution in [0, 0.1) is 0 Å². The molecule has 3 rings (SSSR count).